The van der Waals surface area contributed by atoms with Crippen LogP contribution in [0.1, 0.15) is 29.6 Å². The molecule has 0 radical (unpaired) electrons. The highest BCUT2D eigenvalue weighted by atomic mass is 32.2. The molecule has 5 nitrogen and oxygen atoms in total. The number of benzene rings is 1. The molecule has 2 heterocycles. The molecule has 8 heteroatoms. The molecular formula is C18H18F2N2O3S. The molecule has 1 aromatic heterocycles. The zero-order valence-electron chi connectivity index (χ0n) is 14.3. The van der Waals surface area contributed by atoms with Crippen molar-refractivity contribution in [2.45, 2.75) is 37.8 Å². The Balaban J connectivity index is 1.92. The number of hydrogen-bond donors (Lipinski definition) is 0. The van der Waals surface area contributed by atoms with Crippen LogP contribution in [0.3, 0.4) is 0 Å². The van der Waals surface area contributed by atoms with Gasteiger partial charge >= 0.3 is 5.97 Å². The number of ether oxygens (including phenoxy) is 1. The predicted molar refractivity (Wildman–Crippen MR) is 93.9 cm³/mol. The van der Waals surface area contributed by atoms with Crippen LogP contribution in [0.4, 0.5) is 8.78 Å². The van der Waals surface area contributed by atoms with E-state index in [1.165, 1.54) is 12.1 Å². The van der Waals surface area contributed by atoms with Crippen LogP contribution >= 0.6 is 11.8 Å². The molecule has 1 aliphatic rings. The third kappa shape index (κ3) is 3.80. The van der Waals surface area contributed by atoms with E-state index in [-0.39, 0.29) is 37.1 Å². The number of halogens is 2. The fourth-order valence-electron chi connectivity index (χ4n) is 2.95. The lowest BCUT2D eigenvalue weighted by atomic mass is 10.1. The molecule has 0 amide bonds. The molecule has 0 bridgehead atoms. The Hall–Kier alpha value is -2.22. The van der Waals surface area contributed by atoms with Crippen molar-refractivity contribution in [3.63, 3.8) is 0 Å². The van der Waals surface area contributed by atoms with Gasteiger partial charge < -0.3 is 9.30 Å². The Labute approximate surface area is 153 Å². The third-order valence-corrected chi connectivity index (χ3v) is 5.17. The molecule has 0 unspecified atom stereocenters. The molecule has 0 aliphatic carbocycles. The first kappa shape index (κ1) is 18.6. The Morgan fingerprint density at radius 2 is 2.12 bits per heavy atom. The summed E-state index contributed by atoms with van der Waals surface area (Å²) in [6.45, 7) is 1.92. The third-order valence-electron chi connectivity index (χ3n) is 4.20. The summed E-state index contributed by atoms with van der Waals surface area (Å²) < 4.78 is 33.9. The minimum absolute atomic E-state index is 0.0506. The van der Waals surface area contributed by atoms with Crippen LogP contribution < -0.4 is 5.56 Å². The summed E-state index contributed by atoms with van der Waals surface area (Å²) in [7, 11) is 0. The second-order valence-corrected chi connectivity index (χ2v) is 6.84. The maximum absolute atomic E-state index is 13.9. The smallest absolute Gasteiger partial charge is 0.325 e. The van der Waals surface area contributed by atoms with E-state index in [4.69, 9.17) is 4.74 Å². The number of carbonyl (C=O) groups excluding carboxylic acids is 1. The standard InChI is InChI=1S/C18H18F2N2O3S/c1-2-25-16(23)8-22-14-10-26-9-12(14)18(24)21-15(22)7-6-11-4-3-5-13(19)17(11)20/h3-5H,2,6-10H2,1H3. The molecule has 3 rings (SSSR count). The molecule has 0 saturated heterocycles. The first-order valence-corrected chi connectivity index (χ1v) is 9.44. The summed E-state index contributed by atoms with van der Waals surface area (Å²) in [6.07, 6.45) is 0.387. The van der Waals surface area contributed by atoms with Gasteiger partial charge in [-0.15, -0.1) is 0 Å². The highest BCUT2D eigenvalue weighted by molar-refractivity contribution is 7.98. The number of carbonyl (C=O) groups is 1. The first-order valence-electron chi connectivity index (χ1n) is 8.29. The number of aryl methyl sites for hydroxylation is 2. The number of fused-ring (bicyclic) bond motifs is 1. The molecule has 138 valence electrons. The van der Waals surface area contributed by atoms with E-state index in [1.807, 2.05) is 0 Å². The molecule has 26 heavy (non-hydrogen) atoms. The molecule has 0 N–H and O–H groups in total. The Bertz CT molecular complexity index is 899. The van der Waals surface area contributed by atoms with Crippen molar-refractivity contribution in [3.05, 3.63) is 62.8 Å². The number of rotatable bonds is 6. The van der Waals surface area contributed by atoms with Crippen LogP contribution in [0.25, 0.3) is 0 Å². The van der Waals surface area contributed by atoms with Gasteiger partial charge in [-0.3, -0.25) is 9.59 Å². The lowest BCUT2D eigenvalue weighted by Crippen LogP contribution is -2.27. The van der Waals surface area contributed by atoms with Crippen molar-refractivity contribution in [2.24, 2.45) is 0 Å². The van der Waals surface area contributed by atoms with Gasteiger partial charge in [0.05, 0.1) is 6.61 Å². The Kier molecular flexibility index (Phi) is 5.70. The average molecular weight is 380 g/mol. The van der Waals surface area contributed by atoms with Gasteiger partial charge in [-0.2, -0.15) is 16.7 Å². The lowest BCUT2D eigenvalue weighted by molar-refractivity contribution is -0.143. The topological polar surface area (TPSA) is 61.2 Å². The van der Waals surface area contributed by atoms with Gasteiger partial charge in [0.2, 0.25) is 0 Å². The van der Waals surface area contributed by atoms with E-state index in [0.29, 0.717) is 22.9 Å². The largest absolute Gasteiger partial charge is 0.465 e. The van der Waals surface area contributed by atoms with E-state index in [9.17, 15) is 18.4 Å². The van der Waals surface area contributed by atoms with E-state index < -0.39 is 17.6 Å². The second kappa shape index (κ2) is 7.99. The molecule has 0 spiro atoms. The molecular weight excluding hydrogens is 362 g/mol. The van der Waals surface area contributed by atoms with Gasteiger partial charge in [-0.25, -0.2) is 8.78 Å². The number of esters is 1. The van der Waals surface area contributed by atoms with E-state index in [1.54, 1.807) is 23.3 Å². The van der Waals surface area contributed by atoms with Crippen LogP contribution in [-0.4, -0.2) is 22.1 Å². The minimum Gasteiger partial charge on any atom is -0.465 e. The lowest BCUT2D eigenvalue weighted by Gasteiger charge is -2.16. The monoisotopic (exact) mass is 380 g/mol. The molecule has 0 fully saturated rings. The summed E-state index contributed by atoms with van der Waals surface area (Å²) in [5.41, 5.74) is 1.24. The quantitative estimate of drug-likeness (QED) is 0.721. The highest BCUT2D eigenvalue weighted by Gasteiger charge is 2.23. The normalized spacial score (nSPS) is 12.9. The maximum Gasteiger partial charge on any atom is 0.325 e. The molecule has 1 aliphatic heterocycles. The average Bonchev–Trinajstić information content (AvgIpc) is 3.10. The van der Waals surface area contributed by atoms with Gasteiger partial charge in [0.25, 0.3) is 5.56 Å². The van der Waals surface area contributed by atoms with Gasteiger partial charge in [-0.1, -0.05) is 12.1 Å². The van der Waals surface area contributed by atoms with Gasteiger partial charge in [-0.05, 0) is 25.0 Å². The van der Waals surface area contributed by atoms with Crippen molar-refractivity contribution in [3.8, 4) is 0 Å². The van der Waals surface area contributed by atoms with Crippen LogP contribution in [-0.2, 0) is 40.4 Å². The van der Waals surface area contributed by atoms with Crippen molar-refractivity contribution in [2.75, 3.05) is 6.61 Å². The zero-order chi connectivity index (χ0) is 18.7. The van der Waals surface area contributed by atoms with Crippen LogP contribution in [0, 0.1) is 11.6 Å². The Morgan fingerprint density at radius 1 is 1.31 bits per heavy atom. The predicted octanol–water partition coefficient (Wildman–Crippen LogP) is 2.62. The first-order chi connectivity index (χ1) is 12.5. The van der Waals surface area contributed by atoms with Crippen LogP contribution in [0.15, 0.2) is 23.0 Å². The minimum atomic E-state index is -0.912. The summed E-state index contributed by atoms with van der Waals surface area (Å²) >= 11 is 1.58. The number of aromatic nitrogens is 2. The molecule has 2 aromatic rings. The van der Waals surface area contributed by atoms with Crippen molar-refractivity contribution < 1.29 is 18.3 Å². The highest BCUT2D eigenvalue weighted by Crippen LogP contribution is 2.28. The zero-order valence-corrected chi connectivity index (χ0v) is 15.1. The fourth-order valence-corrected chi connectivity index (χ4v) is 4.07. The number of thioether (sulfide) groups is 1. The van der Waals surface area contributed by atoms with E-state index in [2.05, 4.69) is 4.98 Å². The van der Waals surface area contributed by atoms with Gasteiger partial charge in [0.15, 0.2) is 11.6 Å². The molecule has 1 aromatic carbocycles. The summed E-state index contributed by atoms with van der Waals surface area (Å²) in [6, 6.07) is 3.99. The maximum atomic E-state index is 13.9. The van der Waals surface area contributed by atoms with Crippen LogP contribution in [0.5, 0.6) is 0 Å². The van der Waals surface area contributed by atoms with Crippen molar-refractivity contribution in [1.82, 2.24) is 9.55 Å². The van der Waals surface area contributed by atoms with E-state index >= 15 is 0 Å². The summed E-state index contributed by atoms with van der Waals surface area (Å²) in [5, 5.41) is 0. The van der Waals surface area contributed by atoms with E-state index in [0.717, 1.165) is 11.8 Å². The summed E-state index contributed by atoms with van der Waals surface area (Å²) in [4.78, 5) is 28.3. The van der Waals surface area contributed by atoms with Crippen molar-refractivity contribution >= 4 is 17.7 Å². The fraction of sp³-hybridized carbons (Fsp3) is 0.389. The van der Waals surface area contributed by atoms with Gasteiger partial charge in [0.1, 0.15) is 12.4 Å². The second-order valence-electron chi connectivity index (χ2n) is 5.86. The number of hydrogen-bond acceptors (Lipinski definition) is 5. The van der Waals surface area contributed by atoms with Crippen LogP contribution in [0.2, 0.25) is 0 Å². The molecule has 0 atom stereocenters. The summed E-state index contributed by atoms with van der Waals surface area (Å²) in [5.74, 6) is -0.687. The van der Waals surface area contributed by atoms with Gasteiger partial charge in [0, 0.05) is 29.2 Å². The molecule has 0 saturated carbocycles. The number of nitrogens with zero attached hydrogens (tertiary/aromatic N) is 2. The van der Waals surface area contributed by atoms with Crippen molar-refractivity contribution in [1.29, 1.82) is 0 Å². The SMILES string of the molecule is CCOC(=O)Cn1c(CCc2cccc(F)c2F)nc(=O)c2c1CSC2. The Morgan fingerprint density at radius 3 is 2.88 bits per heavy atom.